The lowest BCUT2D eigenvalue weighted by Crippen LogP contribution is -1.87. The van der Waals surface area contributed by atoms with Crippen LogP contribution < -0.4 is 0 Å². The number of hydrogen-bond donors (Lipinski definition) is 0. The molecule has 2 heterocycles. The molecule has 11 heavy (non-hydrogen) atoms. The second-order valence-electron chi connectivity index (χ2n) is 2.07. The first-order chi connectivity index (χ1) is 5.36. The maximum atomic E-state index is 4.21. The smallest absolute Gasteiger partial charge is 0.191 e. The van der Waals surface area contributed by atoms with Gasteiger partial charge in [0.1, 0.15) is 0 Å². The van der Waals surface area contributed by atoms with E-state index in [0.717, 1.165) is 14.7 Å². The third-order valence-corrected chi connectivity index (χ3v) is 1.87. The molecule has 0 saturated carbocycles. The van der Waals surface area contributed by atoms with E-state index in [0.29, 0.717) is 0 Å². The Balaban J connectivity index is 2.83. The van der Waals surface area contributed by atoms with E-state index in [4.69, 9.17) is 0 Å². The predicted octanol–water partition coefficient (Wildman–Crippen LogP) is 1.63. The summed E-state index contributed by atoms with van der Waals surface area (Å²) in [7, 11) is 0. The summed E-state index contributed by atoms with van der Waals surface area (Å²) >= 11 is 2.09. The van der Waals surface area contributed by atoms with Crippen LogP contribution in [0, 0.1) is 3.83 Å². The quantitative estimate of drug-likeness (QED) is 0.531. The standard InChI is InChI=1S/C7H4IN3/c8-7-10-4-5-3-9-2-1-6(5)11-7/h1-4H. The highest BCUT2D eigenvalue weighted by Crippen LogP contribution is 2.08. The van der Waals surface area contributed by atoms with Crippen molar-refractivity contribution in [3.63, 3.8) is 0 Å². The van der Waals surface area contributed by atoms with Gasteiger partial charge in [0.2, 0.25) is 0 Å². The molecule has 0 bridgehead atoms. The molecule has 0 unspecified atom stereocenters. The van der Waals surface area contributed by atoms with Crippen LogP contribution in [0.15, 0.2) is 24.7 Å². The van der Waals surface area contributed by atoms with Crippen LogP contribution in [-0.2, 0) is 0 Å². The maximum absolute atomic E-state index is 4.21. The third kappa shape index (κ3) is 1.30. The van der Waals surface area contributed by atoms with E-state index in [9.17, 15) is 0 Å². The molecule has 0 fully saturated rings. The predicted molar refractivity (Wildman–Crippen MR) is 50.1 cm³/mol. The van der Waals surface area contributed by atoms with Crippen LogP contribution >= 0.6 is 22.6 Å². The first-order valence-electron chi connectivity index (χ1n) is 3.08. The van der Waals surface area contributed by atoms with Gasteiger partial charge in [0.25, 0.3) is 0 Å². The van der Waals surface area contributed by atoms with Crippen LogP contribution in [0.1, 0.15) is 0 Å². The number of aromatic nitrogens is 3. The van der Waals surface area contributed by atoms with Gasteiger partial charge in [-0.05, 0) is 6.07 Å². The topological polar surface area (TPSA) is 38.7 Å². The van der Waals surface area contributed by atoms with Gasteiger partial charge in [-0.1, -0.05) is 0 Å². The average Bonchev–Trinajstić information content (AvgIpc) is 2.04. The zero-order valence-electron chi connectivity index (χ0n) is 5.53. The summed E-state index contributed by atoms with van der Waals surface area (Å²) in [6, 6.07) is 1.87. The summed E-state index contributed by atoms with van der Waals surface area (Å²) in [6.45, 7) is 0. The molecule has 0 N–H and O–H groups in total. The van der Waals surface area contributed by atoms with E-state index in [1.165, 1.54) is 0 Å². The minimum absolute atomic E-state index is 0.765. The Labute approximate surface area is 77.0 Å². The Morgan fingerprint density at radius 1 is 1.27 bits per heavy atom. The molecule has 0 atom stereocenters. The van der Waals surface area contributed by atoms with Crippen molar-refractivity contribution in [3.05, 3.63) is 28.5 Å². The summed E-state index contributed by atoms with van der Waals surface area (Å²) in [6.07, 6.45) is 5.26. The number of hydrogen-bond acceptors (Lipinski definition) is 3. The zero-order chi connectivity index (χ0) is 7.68. The Morgan fingerprint density at radius 2 is 2.18 bits per heavy atom. The monoisotopic (exact) mass is 257 g/mol. The lowest BCUT2D eigenvalue weighted by atomic mass is 10.3. The van der Waals surface area contributed by atoms with E-state index >= 15 is 0 Å². The fraction of sp³-hybridized carbons (Fsp3) is 0. The number of pyridine rings is 1. The van der Waals surface area contributed by atoms with Gasteiger partial charge in [-0.3, -0.25) is 4.98 Å². The van der Waals surface area contributed by atoms with Crippen molar-refractivity contribution in [1.29, 1.82) is 0 Å². The van der Waals surface area contributed by atoms with E-state index in [1.54, 1.807) is 18.6 Å². The van der Waals surface area contributed by atoms with Gasteiger partial charge in [0, 0.05) is 46.6 Å². The Bertz CT molecular complexity index is 388. The number of halogens is 1. The number of fused-ring (bicyclic) bond motifs is 1. The van der Waals surface area contributed by atoms with E-state index in [2.05, 4.69) is 37.5 Å². The minimum atomic E-state index is 0.765. The van der Waals surface area contributed by atoms with Crippen molar-refractivity contribution in [2.24, 2.45) is 0 Å². The fourth-order valence-electron chi connectivity index (χ4n) is 0.852. The Morgan fingerprint density at radius 3 is 3.09 bits per heavy atom. The second-order valence-corrected chi connectivity index (χ2v) is 3.04. The minimum Gasteiger partial charge on any atom is -0.264 e. The molecule has 54 valence electrons. The highest BCUT2D eigenvalue weighted by molar-refractivity contribution is 14.1. The summed E-state index contributed by atoms with van der Waals surface area (Å²) in [5.41, 5.74) is 0.944. The zero-order valence-corrected chi connectivity index (χ0v) is 7.69. The maximum Gasteiger partial charge on any atom is 0.191 e. The second kappa shape index (κ2) is 2.69. The normalized spacial score (nSPS) is 10.3. The molecule has 0 amide bonds. The van der Waals surface area contributed by atoms with Gasteiger partial charge in [-0.2, -0.15) is 0 Å². The molecule has 0 spiro atoms. The van der Waals surface area contributed by atoms with Gasteiger partial charge in [-0.15, -0.1) is 0 Å². The molecule has 4 heteroatoms. The molecule has 2 aromatic rings. The van der Waals surface area contributed by atoms with Gasteiger partial charge in [0.15, 0.2) is 3.83 Å². The van der Waals surface area contributed by atoms with E-state index < -0.39 is 0 Å². The SMILES string of the molecule is Ic1ncc2cnccc2n1. The molecule has 0 aliphatic heterocycles. The fourth-order valence-corrected chi connectivity index (χ4v) is 1.25. The highest BCUT2D eigenvalue weighted by atomic mass is 127. The molecular formula is C7H4IN3. The van der Waals surface area contributed by atoms with Crippen LogP contribution in [0.4, 0.5) is 0 Å². The Kier molecular flexibility index (Phi) is 1.69. The molecule has 0 radical (unpaired) electrons. The van der Waals surface area contributed by atoms with Crippen LogP contribution in [0.2, 0.25) is 0 Å². The van der Waals surface area contributed by atoms with Crippen molar-refractivity contribution >= 4 is 33.5 Å². The lowest BCUT2D eigenvalue weighted by Gasteiger charge is -1.93. The summed E-state index contributed by atoms with van der Waals surface area (Å²) in [5, 5.41) is 0.980. The van der Waals surface area contributed by atoms with Crippen molar-refractivity contribution < 1.29 is 0 Å². The van der Waals surface area contributed by atoms with Crippen LogP contribution in [0.5, 0.6) is 0 Å². The van der Waals surface area contributed by atoms with Crippen molar-refractivity contribution in [1.82, 2.24) is 15.0 Å². The van der Waals surface area contributed by atoms with Gasteiger partial charge >= 0.3 is 0 Å². The molecule has 0 aliphatic rings. The van der Waals surface area contributed by atoms with E-state index in [-0.39, 0.29) is 0 Å². The van der Waals surface area contributed by atoms with Crippen molar-refractivity contribution in [2.45, 2.75) is 0 Å². The van der Waals surface area contributed by atoms with Gasteiger partial charge < -0.3 is 0 Å². The summed E-state index contributed by atoms with van der Waals surface area (Å²) in [5.74, 6) is 0. The first-order valence-corrected chi connectivity index (χ1v) is 4.16. The molecule has 0 saturated heterocycles. The van der Waals surface area contributed by atoms with Crippen LogP contribution in [-0.4, -0.2) is 15.0 Å². The summed E-state index contributed by atoms with van der Waals surface area (Å²) in [4.78, 5) is 12.2. The molecular weight excluding hydrogens is 253 g/mol. The van der Waals surface area contributed by atoms with Crippen LogP contribution in [0.3, 0.4) is 0 Å². The molecule has 0 aromatic carbocycles. The van der Waals surface area contributed by atoms with Gasteiger partial charge in [0.05, 0.1) is 5.52 Å². The van der Waals surface area contributed by atoms with E-state index in [1.807, 2.05) is 6.07 Å². The molecule has 3 nitrogen and oxygen atoms in total. The summed E-state index contributed by atoms with van der Waals surface area (Å²) < 4.78 is 0.765. The molecule has 2 aromatic heterocycles. The lowest BCUT2D eigenvalue weighted by molar-refractivity contribution is 1.15. The Hall–Kier alpha value is -0.780. The molecule has 0 aliphatic carbocycles. The third-order valence-electron chi connectivity index (χ3n) is 1.35. The first kappa shape index (κ1) is 6.90. The van der Waals surface area contributed by atoms with Crippen LogP contribution in [0.25, 0.3) is 10.9 Å². The largest absolute Gasteiger partial charge is 0.264 e. The number of rotatable bonds is 0. The highest BCUT2D eigenvalue weighted by Gasteiger charge is 1.94. The van der Waals surface area contributed by atoms with Gasteiger partial charge in [-0.25, -0.2) is 9.97 Å². The van der Waals surface area contributed by atoms with Crippen molar-refractivity contribution in [3.8, 4) is 0 Å². The average molecular weight is 257 g/mol. The molecule has 2 rings (SSSR count). The van der Waals surface area contributed by atoms with Crippen molar-refractivity contribution in [2.75, 3.05) is 0 Å². The number of nitrogens with zero attached hydrogens (tertiary/aromatic N) is 3.